The first-order chi connectivity index (χ1) is 14.9. The lowest BCUT2D eigenvalue weighted by molar-refractivity contribution is -0.123. The summed E-state index contributed by atoms with van der Waals surface area (Å²) in [5.41, 5.74) is 14.9. The molecule has 1 amide bonds. The van der Waals surface area contributed by atoms with Crippen molar-refractivity contribution < 1.29 is 4.79 Å². The number of carbonyl (C=O) groups excluding carboxylic acids is 1. The van der Waals surface area contributed by atoms with Gasteiger partial charge in [-0.25, -0.2) is 0 Å². The minimum absolute atomic E-state index is 0.0191. The number of amides is 1. The summed E-state index contributed by atoms with van der Waals surface area (Å²) in [5, 5.41) is 6.72. The summed E-state index contributed by atoms with van der Waals surface area (Å²) in [4.78, 5) is 13.0. The van der Waals surface area contributed by atoms with Crippen LogP contribution >= 0.6 is 0 Å². The van der Waals surface area contributed by atoms with Crippen molar-refractivity contribution in [1.82, 2.24) is 5.32 Å². The van der Waals surface area contributed by atoms with E-state index in [1.165, 1.54) is 59.1 Å². The lowest BCUT2D eigenvalue weighted by atomic mass is 9.92. The highest BCUT2D eigenvalue weighted by Gasteiger charge is 2.25. The molecule has 0 bridgehead atoms. The second kappa shape index (κ2) is 10.8. The molecule has 0 saturated heterocycles. The van der Waals surface area contributed by atoms with Crippen LogP contribution in [0.4, 0.5) is 5.69 Å². The maximum Gasteiger partial charge on any atom is 0.237 e. The molecular formula is C27H39N3O. The molecule has 4 heteroatoms. The number of nitrogens with one attached hydrogen (secondary N) is 2. The van der Waals surface area contributed by atoms with Gasteiger partial charge in [-0.15, -0.1) is 0 Å². The zero-order valence-corrected chi connectivity index (χ0v) is 19.7. The number of hydrogen-bond acceptors (Lipinski definition) is 3. The molecule has 31 heavy (non-hydrogen) atoms. The number of rotatable bonds is 9. The fourth-order valence-electron chi connectivity index (χ4n) is 4.75. The van der Waals surface area contributed by atoms with Gasteiger partial charge in [0.2, 0.25) is 5.91 Å². The van der Waals surface area contributed by atoms with Gasteiger partial charge in [-0.05, 0) is 80.3 Å². The number of aryl methyl sites for hydroxylation is 4. The molecule has 0 fully saturated rings. The summed E-state index contributed by atoms with van der Waals surface area (Å²) in [6, 6.07) is 10.5. The van der Waals surface area contributed by atoms with Crippen LogP contribution in [0.3, 0.4) is 0 Å². The predicted octanol–water partition coefficient (Wildman–Crippen LogP) is 5.28. The molecule has 0 aromatic heterocycles. The Labute approximate surface area is 188 Å². The molecule has 1 aliphatic rings. The fraction of sp³-hybridized carbons (Fsp3) is 0.519. The molecule has 2 aromatic carbocycles. The molecule has 0 radical (unpaired) electrons. The minimum Gasteiger partial charge on any atom is -0.385 e. The van der Waals surface area contributed by atoms with Gasteiger partial charge >= 0.3 is 0 Å². The van der Waals surface area contributed by atoms with Crippen LogP contribution in [0, 0.1) is 20.8 Å². The van der Waals surface area contributed by atoms with E-state index >= 15 is 0 Å². The van der Waals surface area contributed by atoms with Crippen molar-refractivity contribution in [3.63, 3.8) is 0 Å². The number of nitrogens with two attached hydrogens (primary N) is 1. The Bertz CT molecular complexity index is 882. The summed E-state index contributed by atoms with van der Waals surface area (Å²) in [6.07, 6.45) is 7.59. The van der Waals surface area contributed by atoms with Gasteiger partial charge in [0.1, 0.15) is 0 Å². The van der Waals surface area contributed by atoms with Gasteiger partial charge in [0, 0.05) is 12.2 Å². The first kappa shape index (κ1) is 23.3. The Hall–Kier alpha value is -2.33. The Kier molecular flexibility index (Phi) is 8.14. The SMILES string of the molecule is CCCCCCc1ccc2c(c1)[C@H](NC(=O)[C@@H](N)Cc1c(C)cc(C)cc1C)CCN2. The van der Waals surface area contributed by atoms with Crippen molar-refractivity contribution in [2.24, 2.45) is 5.73 Å². The Morgan fingerprint density at radius 2 is 1.87 bits per heavy atom. The smallest absolute Gasteiger partial charge is 0.237 e. The first-order valence-corrected chi connectivity index (χ1v) is 11.9. The third-order valence-electron chi connectivity index (χ3n) is 6.48. The molecular weight excluding hydrogens is 382 g/mol. The van der Waals surface area contributed by atoms with Crippen LogP contribution in [0.5, 0.6) is 0 Å². The average molecular weight is 422 g/mol. The van der Waals surface area contributed by atoms with E-state index in [0.29, 0.717) is 6.42 Å². The van der Waals surface area contributed by atoms with Crippen LogP contribution in [-0.4, -0.2) is 18.5 Å². The van der Waals surface area contributed by atoms with Crippen molar-refractivity contribution in [3.8, 4) is 0 Å². The number of anilines is 1. The summed E-state index contributed by atoms with van der Waals surface area (Å²) < 4.78 is 0. The van der Waals surface area contributed by atoms with E-state index in [1.54, 1.807) is 0 Å². The monoisotopic (exact) mass is 421 g/mol. The van der Waals surface area contributed by atoms with Gasteiger partial charge in [-0.2, -0.15) is 0 Å². The standard InChI is InChI=1S/C27H39N3O/c1-5-6-7-8-9-21-10-11-25-23(16-21)26(12-13-29-25)30-27(31)24(28)17-22-19(3)14-18(2)15-20(22)4/h10-11,14-16,24,26,29H,5-9,12-13,17,28H2,1-4H3,(H,30,31)/t24-,26+/m0/s1. The lowest BCUT2D eigenvalue weighted by Crippen LogP contribution is -2.44. The molecule has 0 spiro atoms. The molecule has 4 N–H and O–H groups in total. The molecule has 2 atom stereocenters. The highest BCUT2D eigenvalue weighted by atomic mass is 16.2. The van der Waals surface area contributed by atoms with Crippen LogP contribution in [0.2, 0.25) is 0 Å². The minimum atomic E-state index is -0.546. The van der Waals surface area contributed by atoms with E-state index in [-0.39, 0.29) is 11.9 Å². The van der Waals surface area contributed by atoms with Gasteiger partial charge in [0.25, 0.3) is 0 Å². The second-order valence-electron chi connectivity index (χ2n) is 9.20. The van der Waals surface area contributed by atoms with Crippen molar-refractivity contribution in [3.05, 3.63) is 63.7 Å². The topological polar surface area (TPSA) is 67.2 Å². The van der Waals surface area contributed by atoms with Crippen LogP contribution in [-0.2, 0) is 17.6 Å². The summed E-state index contributed by atoms with van der Waals surface area (Å²) >= 11 is 0. The van der Waals surface area contributed by atoms with Crippen molar-refractivity contribution in [2.45, 2.75) is 84.7 Å². The molecule has 0 unspecified atom stereocenters. The van der Waals surface area contributed by atoms with Gasteiger partial charge in [0.05, 0.1) is 12.1 Å². The number of carbonyl (C=O) groups is 1. The highest BCUT2D eigenvalue weighted by molar-refractivity contribution is 5.82. The number of fused-ring (bicyclic) bond motifs is 1. The van der Waals surface area contributed by atoms with Crippen molar-refractivity contribution in [1.29, 1.82) is 0 Å². The maximum atomic E-state index is 13.0. The molecule has 3 rings (SSSR count). The largest absolute Gasteiger partial charge is 0.385 e. The molecule has 0 aliphatic carbocycles. The van der Waals surface area contributed by atoms with E-state index < -0.39 is 6.04 Å². The van der Waals surface area contributed by atoms with Gasteiger partial charge < -0.3 is 16.4 Å². The van der Waals surface area contributed by atoms with Crippen LogP contribution in [0.25, 0.3) is 0 Å². The van der Waals surface area contributed by atoms with Crippen molar-refractivity contribution >= 4 is 11.6 Å². The van der Waals surface area contributed by atoms with E-state index in [1.807, 2.05) is 0 Å². The normalized spacial score (nSPS) is 16.4. The van der Waals surface area contributed by atoms with Gasteiger partial charge in [-0.1, -0.05) is 56.0 Å². The number of hydrogen-bond donors (Lipinski definition) is 3. The molecule has 1 aliphatic heterocycles. The zero-order chi connectivity index (χ0) is 22.4. The summed E-state index contributed by atoms with van der Waals surface area (Å²) in [6.45, 7) is 9.41. The third kappa shape index (κ3) is 6.10. The Balaban J connectivity index is 1.67. The van der Waals surface area contributed by atoms with Crippen LogP contribution < -0.4 is 16.4 Å². The van der Waals surface area contributed by atoms with Gasteiger partial charge in [-0.3, -0.25) is 4.79 Å². The molecule has 4 nitrogen and oxygen atoms in total. The fourth-order valence-corrected chi connectivity index (χ4v) is 4.75. The maximum absolute atomic E-state index is 13.0. The average Bonchev–Trinajstić information content (AvgIpc) is 2.74. The second-order valence-corrected chi connectivity index (χ2v) is 9.20. The lowest BCUT2D eigenvalue weighted by Gasteiger charge is -2.29. The zero-order valence-electron chi connectivity index (χ0n) is 19.7. The predicted molar refractivity (Wildman–Crippen MR) is 131 cm³/mol. The van der Waals surface area contributed by atoms with Gasteiger partial charge in [0.15, 0.2) is 0 Å². The van der Waals surface area contributed by atoms with E-state index in [9.17, 15) is 4.79 Å². The third-order valence-corrected chi connectivity index (χ3v) is 6.48. The van der Waals surface area contributed by atoms with E-state index in [4.69, 9.17) is 5.73 Å². The highest BCUT2D eigenvalue weighted by Crippen LogP contribution is 2.31. The molecule has 0 saturated carbocycles. The van der Waals surface area contributed by atoms with E-state index in [2.05, 4.69) is 68.7 Å². The molecule has 2 aromatic rings. The quantitative estimate of drug-likeness (QED) is 0.483. The van der Waals surface area contributed by atoms with Crippen LogP contribution in [0.1, 0.15) is 78.5 Å². The molecule has 1 heterocycles. The number of unbranched alkanes of at least 4 members (excludes halogenated alkanes) is 3. The van der Waals surface area contributed by atoms with E-state index in [0.717, 1.165) is 25.1 Å². The summed E-state index contributed by atoms with van der Waals surface area (Å²) in [5.74, 6) is -0.0643. The van der Waals surface area contributed by atoms with Crippen molar-refractivity contribution in [2.75, 3.05) is 11.9 Å². The Morgan fingerprint density at radius 1 is 1.13 bits per heavy atom. The number of benzene rings is 2. The van der Waals surface area contributed by atoms with Crippen LogP contribution in [0.15, 0.2) is 30.3 Å². The Morgan fingerprint density at radius 3 is 2.58 bits per heavy atom. The summed E-state index contributed by atoms with van der Waals surface area (Å²) in [7, 11) is 0. The molecule has 168 valence electrons. The first-order valence-electron chi connectivity index (χ1n) is 11.9.